The lowest BCUT2D eigenvalue weighted by molar-refractivity contribution is -1.92. The topological polar surface area (TPSA) is 130 Å². The molecule has 0 aliphatic heterocycles. The van der Waals surface area contributed by atoms with E-state index in [0.29, 0.717) is 0 Å². The van der Waals surface area contributed by atoms with Crippen molar-refractivity contribution < 1.29 is 44.1 Å². The molecule has 0 aromatic rings. The Labute approximate surface area is 57.7 Å². The Morgan fingerprint density at radius 3 is 1.11 bits per heavy atom. The van der Waals surface area contributed by atoms with Crippen LogP contribution < -0.4 is 30.4 Å². The molecule has 0 amide bonds. The van der Waals surface area contributed by atoms with Crippen LogP contribution in [0.25, 0.3) is 0 Å². The van der Waals surface area contributed by atoms with Crippen LogP contribution in [0.3, 0.4) is 0 Å². The molecule has 0 aliphatic carbocycles. The quantitative estimate of drug-likeness (QED) is 0.398. The predicted molar refractivity (Wildman–Crippen MR) is 16.4 cm³/mol. The summed E-state index contributed by atoms with van der Waals surface area (Å²) >= 11 is -5.69. The summed E-state index contributed by atoms with van der Waals surface area (Å²) in [5.41, 5.74) is 0. The normalized spacial score (nSPS) is 10.0. The molecular weight excluding hydrogens is 247 g/mol. The molecule has 0 aromatic heterocycles. The smallest absolute Gasteiger partial charge is 0.368 e. The van der Waals surface area contributed by atoms with Crippen LogP contribution in [0.4, 0.5) is 0 Å². The van der Waals surface area contributed by atoms with E-state index >= 15 is 0 Å². The molecule has 0 unspecified atom stereocenters. The fourth-order valence-corrected chi connectivity index (χ4v) is 0. The zero-order chi connectivity index (χ0) is 7.91. The summed E-state index contributed by atoms with van der Waals surface area (Å²) in [6, 6.07) is 0. The van der Waals surface area contributed by atoms with E-state index in [0.717, 1.165) is 0 Å². The zero-order valence-electron chi connectivity index (χ0n) is 4.36. The Morgan fingerprint density at radius 2 is 1.11 bits per heavy atom. The highest BCUT2D eigenvalue weighted by molar-refractivity contribution is 4.06. The van der Waals surface area contributed by atoms with Gasteiger partial charge in [0.15, 0.2) is 0 Å². The first-order valence-corrected chi connectivity index (χ1v) is 5.37. The highest BCUT2D eigenvalue weighted by Gasteiger charge is 2.11. The van der Waals surface area contributed by atoms with Crippen molar-refractivity contribution in [1.82, 2.24) is 0 Å². The Hall–Kier alpha value is 0.490. The largest absolute Gasteiger partial charge is 0.394 e. The van der Waals surface area contributed by atoms with Gasteiger partial charge in [0.25, 0.3) is 0 Å². The van der Waals surface area contributed by atoms with Gasteiger partial charge in [0.2, 0.25) is 0 Å². The fraction of sp³-hybridized carbons (Fsp3) is 1.00. The molecule has 0 atom stereocenters. The Balaban J connectivity index is 0. The van der Waals surface area contributed by atoms with E-state index in [1.54, 1.807) is 0 Å². The minimum Gasteiger partial charge on any atom is -0.394 e. The molecular formula is C2H7IO6. The van der Waals surface area contributed by atoms with E-state index in [1.807, 2.05) is 0 Å². The maximum atomic E-state index is 8.73. The number of hydrogen-bond donors (Lipinski definition) is 3. The maximum Gasteiger partial charge on any atom is 0.368 e. The van der Waals surface area contributed by atoms with Crippen molar-refractivity contribution in [2.45, 2.75) is 0 Å². The maximum absolute atomic E-state index is 8.73. The summed E-state index contributed by atoms with van der Waals surface area (Å²) in [6.07, 6.45) is 0. The molecule has 0 saturated heterocycles. The number of halogens is 1. The first-order chi connectivity index (χ1) is 3.91. The van der Waals surface area contributed by atoms with Crippen molar-refractivity contribution in [3.8, 4) is 0 Å². The third-order valence-electron chi connectivity index (χ3n) is 0.1000. The van der Waals surface area contributed by atoms with Gasteiger partial charge < -0.3 is 10.2 Å². The van der Waals surface area contributed by atoms with Gasteiger partial charge in [0, 0.05) is 3.44 Å². The summed E-state index contributed by atoms with van der Waals surface area (Å²) in [7, 11) is 0. The van der Waals surface area contributed by atoms with E-state index in [9.17, 15) is 0 Å². The monoisotopic (exact) mass is 254 g/mol. The fourth-order valence-electron chi connectivity index (χ4n) is 0. The average Bonchev–Trinajstić information content (AvgIpc) is 1.61. The standard InChI is InChI=1S/C2H6O2.HIO4/c3-1-2-4;2-1(3,4)5/h3-4H,1-2H2;2H. The van der Waals surface area contributed by atoms with Crippen LogP contribution in [0.5, 0.6) is 0 Å². The summed E-state index contributed by atoms with van der Waals surface area (Å²) < 4.78 is 33.2. The minimum absolute atomic E-state index is 0.125. The van der Waals surface area contributed by atoms with Gasteiger partial charge in [-0.25, -0.2) is 0 Å². The molecule has 0 aliphatic rings. The summed E-state index contributed by atoms with van der Waals surface area (Å²) in [4.78, 5) is 0. The summed E-state index contributed by atoms with van der Waals surface area (Å²) in [5, 5.41) is 15.2. The van der Waals surface area contributed by atoms with Crippen LogP contribution in [0.2, 0.25) is 0 Å². The van der Waals surface area contributed by atoms with Crippen molar-refractivity contribution in [2.24, 2.45) is 0 Å². The van der Waals surface area contributed by atoms with Crippen LogP contribution >= 0.6 is 0 Å². The van der Waals surface area contributed by atoms with Crippen molar-refractivity contribution >= 4 is 0 Å². The van der Waals surface area contributed by atoms with Gasteiger partial charge in [-0.15, -0.1) is 0 Å². The number of aliphatic hydroxyl groups is 2. The molecule has 58 valence electrons. The highest BCUT2D eigenvalue weighted by Crippen LogP contribution is 1.39. The van der Waals surface area contributed by atoms with Crippen molar-refractivity contribution in [1.29, 1.82) is 0 Å². The molecule has 0 fully saturated rings. The minimum atomic E-state index is -5.69. The van der Waals surface area contributed by atoms with Gasteiger partial charge in [-0.3, -0.25) is 10.3 Å². The van der Waals surface area contributed by atoms with E-state index in [1.165, 1.54) is 0 Å². The second-order valence-corrected chi connectivity index (χ2v) is 3.10. The van der Waals surface area contributed by atoms with Crippen molar-refractivity contribution in [3.05, 3.63) is 0 Å². The SMILES string of the molecule is OCCO.[O-][I+3]([O-])([O-])O. The van der Waals surface area contributed by atoms with Gasteiger partial charge in [-0.2, -0.15) is 0 Å². The third-order valence-corrected chi connectivity index (χ3v) is 0.1000. The first kappa shape index (κ1) is 12.2. The van der Waals surface area contributed by atoms with Crippen molar-refractivity contribution in [2.75, 3.05) is 13.2 Å². The molecule has 0 aromatic carbocycles. The molecule has 3 N–H and O–H groups in total. The Bertz CT molecular complexity index is 41.5. The molecule has 7 heteroatoms. The Morgan fingerprint density at radius 1 is 1.00 bits per heavy atom. The summed E-state index contributed by atoms with van der Waals surface area (Å²) in [5.74, 6) is 0. The van der Waals surface area contributed by atoms with Gasteiger partial charge in [-0.05, 0) is 0 Å². The lowest BCUT2D eigenvalue weighted by atomic mass is 10.8. The molecule has 9 heavy (non-hydrogen) atoms. The molecule has 0 heterocycles. The molecule has 0 spiro atoms. The van der Waals surface area contributed by atoms with Crippen LogP contribution in [-0.4, -0.2) is 26.9 Å². The summed E-state index contributed by atoms with van der Waals surface area (Å²) in [6.45, 7) is -0.250. The zero-order valence-corrected chi connectivity index (χ0v) is 6.52. The predicted octanol–water partition coefficient (Wildman–Crippen LogP) is -8.15. The molecule has 0 bridgehead atoms. The average molecular weight is 254 g/mol. The highest BCUT2D eigenvalue weighted by atomic mass is 127. The molecule has 0 rings (SSSR count). The molecule has 0 saturated carbocycles. The van der Waals surface area contributed by atoms with Crippen LogP contribution in [0.1, 0.15) is 0 Å². The Kier molecular flexibility index (Phi) is 8.95. The van der Waals surface area contributed by atoms with E-state index in [2.05, 4.69) is 0 Å². The second kappa shape index (κ2) is 6.61. The van der Waals surface area contributed by atoms with Gasteiger partial charge in [0.05, 0.1) is 13.2 Å². The van der Waals surface area contributed by atoms with E-state index < -0.39 is 20.1 Å². The van der Waals surface area contributed by atoms with E-state index in [-0.39, 0.29) is 13.2 Å². The second-order valence-electron chi connectivity index (χ2n) is 0.843. The first-order valence-electron chi connectivity index (χ1n) is 1.76. The van der Waals surface area contributed by atoms with Gasteiger partial charge in [-0.1, -0.05) is 0 Å². The number of rotatable bonds is 1. The van der Waals surface area contributed by atoms with Gasteiger partial charge in [0.1, 0.15) is 0 Å². The van der Waals surface area contributed by atoms with Crippen LogP contribution in [0.15, 0.2) is 0 Å². The van der Waals surface area contributed by atoms with Crippen LogP contribution in [-0.2, 0) is 0 Å². The van der Waals surface area contributed by atoms with Crippen LogP contribution in [0, 0.1) is 0 Å². The van der Waals surface area contributed by atoms with E-state index in [4.69, 9.17) is 24.0 Å². The number of aliphatic hydroxyl groups excluding tert-OH is 2. The lowest BCUT2D eigenvalue weighted by Crippen LogP contribution is -4.23. The lowest BCUT2D eigenvalue weighted by Gasteiger charge is -1.93. The van der Waals surface area contributed by atoms with Crippen molar-refractivity contribution in [3.63, 3.8) is 0 Å². The molecule has 0 radical (unpaired) electrons. The number of hydrogen-bond acceptors (Lipinski definition) is 6. The third kappa shape index (κ3) is 161. The van der Waals surface area contributed by atoms with Gasteiger partial charge >= 0.3 is 20.1 Å². The molecule has 6 nitrogen and oxygen atoms in total.